The lowest BCUT2D eigenvalue weighted by Crippen LogP contribution is -2.51. The average molecular weight is 260 g/mol. The smallest absolute Gasteiger partial charge is 0.127 e. The van der Waals surface area contributed by atoms with E-state index in [2.05, 4.69) is 22.0 Å². The molecule has 1 aromatic rings. The predicted molar refractivity (Wildman–Crippen MR) is 73.8 cm³/mol. The molecule has 4 fully saturated rings. The van der Waals surface area contributed by atoms with Crippen molar-refractivity contribution in [3.63, 3.8) is 0 Å². The molecule has 3 N–H and O–H groups in total. The van der Waals surface area contributed by atoms with Crippen LogP contribution in [0.5, 0.6) is 0 Å². The second-order valence-corrected chi connectivity index (χ2v) is 7.05. The van der Waals surface area contributed by atoms with Gasteiger partial charge in [-0.15, -0.1) is 0 Å². The molecule has 1 unspecified atom stereocenters. The van der Waals surface area contributed by atoms with Crippen LogP contribution in [0.1, 0.15) is 44.0 Å². The molecule has 4 bridgehead atoms. The van der Waals surface area contributed by atoms with Crippen molar-refractivity contribution in [2.24, 2.45) is 42.5 Å². The molecule has 0 saturated heterocycles. The van der Waals surface area contributed by atoms with Crippen LogP contribution in [-0.4, -0.2) is 9.55 Å². The van der Waals surface area contributed by atoms with Gasteiger partial charge >= 0.3 is 0 Å². The number of rotatable bonds is 3. The molecule has 0 spiro atoms. The molecular formula is C15H24N4. The van der Waals surface area contributed by atoms with Gasteiger partial charge in [0.15, 0.2) is 0 Å². The lowest BCUT2D eigenvalue weighted by molar-refractivity contribution is -0.0541. The number of hydrogen-bond donors (Lipinski definition) is 2. The molecule has 1 heterocycles. The fraction of sp³-hybridized carbons (Fsp3) is 0.800. The third-order valence-corrected chi connectivity index (χ3v) is 6.00. The highest BCUT2D eigenvalue weighted by atomic mass is 15.3. The van der Waals surface area contributed by atoms with Crippen molar-refractivity contribution >= 4 is 0 Å². The van der Waals surface area contributed by atoms with E-state index >= 15 is 0 Å². The van der Waals surface area contributed by atoms with Crippen LogP contribution in [0, 0.1) is 29.6 Å². The van der Waals surface area contributed by atoms with E-state index in [4.69, 9.17) is 5.84 Å². The summed E-state index contributed by atoms with van der Waals surface area (Å²) in [6.07, 6.45) is 11.1. The maximum atomic E-state index is 5.91. The standard InChI is InChI=1S/C15H24N4/c1-19-3-2-17-15(19)14(18-16)13-11-5-9-4-10(7-11)8-12(13)6-9/h2-3,9-14,18H,4-8,16H2,1H3. The molecule has 1 atom stereocenters. The lowest BCUT2D eigenvalue weighted by Gasteiger charge is -2.56. The lowest BCUT2D eigenvalue weighted by atomic mass is 9.50. The highest BCUT2D eigenvalue weighted by molar-refractivity contribution is 5.08. The van der Waals surface area contributed by atoms with Crippen LogP contribution < -0.4 is 11.3 Å². The summed E-state index contributed by atoms with van der Waals surface area (Å²) in [4.78, 5) is 4.54. The molecule has 5 rings (SSSR count). The number of nitrogens with zero attached hydrogens (tertiary/aromatic N) is 2. The number of hydrazine groups is 1. The SMILES string of the molecule is Cn1ccnc1C(NN)C1C2CC3CC(C2)CC1C3. The predicted octanol–water partition coefficient (Wildman–Crippen LogP) is 2.00. The Morgan fingerprint density at radius 1 is 1.21 bits per heavy atom. The molecule has 0 radical (unpaired) electrons. The highest BCUT2D eigenvalue weighted by Crippen LogP contribution is 2.59. The van der Waals surface area contributed by atoms with Crippen molar-refractivity contribution in [1.82, 2.24) is 15.0 Å². The van der Waals surface area contributed by atoms with Gasteiger partial charge in [0.2, 0.25) is 0 Å². The third-order valence-electron chi connectivity index (χ3n) is 6.00. The van der Waals surface area contributed by atoms with Crippen molar-refractivity contribution in [3.05, 3.63) is 18.2 Å². The van der Waals surface area contributed by atoms with Gasteiger partial charge in [0.1, 0.15) is 5.82 Å². The zero-order chi connectivity index (χ0) is 13.0. The first-order valence-corrected chi connectivity index (χ1v) is 7.69. The van der Waals surface area contributed by atoms with E-state index in [9.17, 15) is 0 Å². The average Bonchev–Trinajstić information content (AvgIpc) is 2.79. The molecule has 0 aromatic carbocycles. The summed E-state index contributed by atoms with van der Waals surface area (Å²) in [5, 5.41) is 0. The molecular weight excluding hydrogens is 236 g/mol. The summed E-state index contributed by atoms with van der Waals surface area (Å²) in [6, 6.07) is 0.231. The van der Waals surface area contributed by atoms with Gasteiger partial charge in [-0.2, -0.15) is 0 Å². The second kappa shape index (κ2) is 4.32. The Kier molecular flexibility index (Phi) is 2.71. The molecule has 0 aliphatic heterocycles. The Balaban J connectivity index is 1.66. The van der Waals surface area contributed by atoms with Crippen molar-refractivity contribution in [2.45, 2.75) is 38.1 Å². The zero-order valence-corrected chi connectivity index (χ0v) is 11.6. The number of hydrogen-bond acceptors (Lipinski definition) is 3. The summed E-state index contributed by atoms with van der Waals surface area (Å²) in [6.45, 7) is 0. The van der Waals surface area contributed by atoms with E-state index in [0.717, 1.165) is 29.5 Å². The maximum absolute atomic E-state index is 5.91. The Bertz CT molecular complexity index is 438. The van der Waals surface area contributed by atoms with Crippen molar-refractivity contribution < 1.29 is 0 Å². The Labute approximate surface area is 114 Å². The van der Waals surface area contributed by atoms with Crippen molar-refractivity contribution in [1.29, 1.82) is 0 Å². The minimum Gasteiger partial charge on any atom is -0.337 e. The molecule has 4 saturated carbocycles. The Morgan fingerprint density at radius 2 is 1.84 bits per heavy atom. The van der Waals surface area contributed by atoms with Gasteiger partial charge in [0.05, 0.1) is 6.04 Å². The van der Waals surface area contributed by atoms with Gasteiger partial charge in [-0.3, -0.25) is 5.84 Å². The van der Waals surface area contributed by atoms with Gasteiger partial charge in [-0.1, -0.05) is 0 Å². The first-order valence-electron chi connectivity index (χ1n) is 7.69. The molecule has 104 valence electrons. The van der Waals surface area contributed by atoms with E-state index in [0.29, 0.717) is 5.92 Å². The molecule has 4 heteroatoms. The van der Waals surface area contributed by atoms with Crippen molar-refractivity contribution in [2.75, 3.05) is 0 Å². The van der Waals surface area contributed by atoms with Gasteiger partial charge < -0.3 is 4.57 Å². The van der Waals surface area contributed by atoms with E-state index in [-0.39, 0.29) is 6.04 Å². The van der Waals surface area contributed by atoms with Gasteiger partial charge in [0, 0.05) is 19.4 Å². The number of aromatic nitrogens is 2. The van der Waals surface area contributed by atoms with Gasteiger partial charge in [-0.25, -0.2) is 10.4 Å². The fourth-order valence-corrected chi connectivity index (χ4v) is 5.55. The second-order valence-electron chi connectivity index (χ2n) is 7.05. The molecule has 19 heavy (non-hydrogen) atoms. The summed E-state index contributed by atoms with van der Waals surface area (Å²) in [5.74, 6) is 11.5. The Morgan fingerprint density at radius 3 is 2.32 bits per heavy atom. The van der Waals surface area contributed by atoms with Crippen LogP contribution in [0.4, 0.5) is 0 Å². The van der Waals surface area contributed by atoms with Crippen molar-refractivity contribution in [3.8, 4) is 0 Å². The van der Waals surface area contributed by atoms with Gasteiger partial charge in [-0.05, 0) is 61.7 Å². The summed E-state index contributed by atoms with van der Waals surface area (Å²) in [7, 11) is 2.07. The summed E-state index contributed by atoms with van der Waals surface area (Å²) in [5.41, 5.74) is 3.09. The fourth-order valence-electron chi connectivity index (χ4n) is 5.55. The van der Waals surface area contributed by atoms with Crippen LogP contribution >= 0.6 is 0 Å². The topological polar surface area (TPSA) is 55.9 Å². The highest BCUT2D eigenvalue weighted by Gasteiger charge is 2.51. The molecule has 1 aromatic heterocycles. The summed E-state index contributed by atoms with van der Waals surface area (Å²) < 4.78 is 2.12. The third kappa shape index (κ3) is 1.77. The monoisotopic (exact) mass is 260 g/mol. The van der Waals surface area contributed by atoms with Crippen LogP contribution in [0.25, 0.3) is 0 Å². The first-order chi connectivity index (χ1) is 9.26. The first kappa shape index (κ1) is 11.9. The number of imidazole rings is 1. The van der Waals surface area contributed by atoms with Crippen LogP contribution in [-0.2, 0) is 7.05 Å². The number of nitrogens with one attached hydrogen (secondary N) is 1. The van der Waals surface area contributed by atoms with E-state index in [1.54, 1.807) is 0 Å². The van der Waals surface area contributed by atoms with Crippen LogP contribution in [0.2, 0.25) is 0 Å². The maximum Gasteiger partial charge on any atom is 0.127 e. The van der Waals surface area contributed by atoms with Crippen LogP contribution in [0.15, 0.2) is 12.4 Å². The molecule has 4 aliphatic rings. The minimum atomic E-state index is 0.231. The minimum absolute atomic E-state index is 0.231. The van der Waals surface area contributed by atoms with E-state index in [1.807, 2.05) is 12.4 Å². The molecule has 0 amide bonds. The van der Waals surface area contributed by atoms with Crippen LogP contribution in [0.3, 0.4) is 0 Å². The Hall–Kier alpha value is -0.870. The number of aryl methyl sites for hydroxylation is 1. The molecule has 4 nitrogen and oxygen atoms in total. The normalized spacial score (nSPS) is 41.7. The van der Waals surface area contributed by atoms with E-state index in [1.165, 1.54) is 32.1 Å². The van der Waals surface area contributed by atoms with E-state index < -0.39 is 0 Å². The summed E-state index contributed by atoms with van der Waals surface area (Å²) >= 11 is 0. The number of nitrogens with two attached hydrogens (primary N) is 1. The van der Waals surface area contributed by atoms with Gasteiger partial charge in [0.25, 0.3) is 0 Å². The largest absolute Gasteiger partial charge is 0.337 e. The quantitative estimate of drug-likeness (QED) is 0.645. The zero-order valence-electron chi connectivity index (χ0n) is 11.6. The molecule has 4 aliphatic carbocycles.